The van der Waals surface area contributed by atoms with Crippen LogP contribution in [0.4, 0.5) is 5.82 Å². The smallest absolute Gasteiger partial charge is 0.223 e. The molecule has 0 spiro atoms. The van der Waals surface area contributed by atoms with E-state index in [0.29, 0.717) is 24.2 Å². The van der Waals surface area contributed by atoms with Gasteiger partial charge in [0.05, 0.1) is 0 Å². The first kappa shape index (κ1) is 18.1. The highest BCUT2D eigenvalue weighted by Gasteiger charge is 2.29. The number of aryl methyl sites for hydroxylation is 1. The fourth-order valence-electron chi connectivity index (χ4n) is 4.46. The molecular weight excluding hydrogens is 368 g/mol. The Balaban J connectivity index is 1.16. The minimum atomic E-state index is 0.337. The van der Waals surface area contributed by atoms with Gasteiger partial charge in [-0.1, -0.05) is 0 Å². The summed E-state index contributed by atoms with van der Waals surface area (Å²) in [6.07, 6.45) is 6.33. The number of carbonyl (C=O) groups excluding carboxylic acids is 1. The normalized spacial score (nSPS) is 20.3. The zero-order valence-corrected chi connectivity index (χ0v) is 17.4. The summed E-state index contributed by atoms with van der Waals surface area (Å²) in [4.78, 5) is 28.2. The predicted octanol–water partition coefficient (Wildman–Crippen LogP) is 3.92. The third-order valence-corrected chi connectivity index (χ3v) is 7.39. The molecule has 1 saturated carbocycles. The van der Waals surface area contributed by atoms with Crippen LogP contribution in [0.25, 0.3) is 0 Å². The molecule has 1 amide bonds. The molecule has 2 aromatic heterocycles. The van der Waals surface area contributed by atoms with E-state index in [1.165, 1.54) is 23.3 Å². The first-order valence-corrected chi connectivity index (χ1v) is 11.5. The summed E-state index contributed by atoms with van der Waals surface area (Å²) < 4.78 is 0. The Morgan fingerprint density at radius 2 is 2.00 bits per heavy atom. The second-order valence-electron chi connectivity index (χ2n) is 8.57. The average Bonchev–Trinajstić information content (AvgIpc) is 3.45. The van der Waals surface area contributed by atoms with Crippen LogP contribution >= 0.6 is 11.3 Å². The molecule has 28 heavy (non-hydrogen) atoms. The van der Waals surface area contributed by atoms with Crippen LogP contribution in [-0.2, 0) is 17.8 Å². The third-order valence-electron chi connectivity index (χ3n) is 6.36. The van der Waals surface area contributed by atoms with Gasteiger partial charge in [0.2, 0.25) is 5.91 Å². The zero-order valence-electron chi connectivity index (χ0n) is 16.6. The van der Waals surface area contributed by atoms with Gasteiger partial charge in [-0.3, -0.25) is 4.79 Å². The van der Waals surface area contributed by atoms with Crippen molar-refractivity contribution in [3.05, 3.63) is 39.5 Å². The van der Waals surface area contributed by atoms with E-state index in [1.54, 1.807) is 0 Å². The highest BCUT2D eigenvalue weighted by atomic mass is 32.1. The molecule has 148 valence electrons. The van der Waals surface area contributed by atoms with Crippen molar-refractivity contribution < 1.29 is 4.79 Å². The number of fused-ring (bicyclic) bond motifs is 1. The van der Waals surface area contributed by atoms with Crippen LogP contribution in [0.1, 0.15) is 60.0 Å². The molecule has 1 saturated heterocycles. The number of rotatable bonds is 4. The first-order valence-electron chi connectivity index (χ1n) is 10.6. The number of thiophene rings is 1. The fraction of sp³-hybridized carbons (Fsp3) is 0.591. The summed E-state index contributed by atoms with van der Waals surface area (Å²) in [6, 6.07) is 4.29. The highest BCUT2D eigenvalue weighted by Crippen LogP contribution is 2.39. The number of amides is 1. The second kappa shape index (κ2) is 7.47. The van der Waals surface area contributed by atoms with E-state index in [2.05, 4.69) is 39.2 Å². The van der Waals surface area contributed by atoms with Crippen LogP contribution in [0, 0.1) is 12.8 Å². The Bertz CT molecular complexity index is 867. The van der Waals surface area contributed by atoms with E-state index >= 15 is 0 Å². The van der Waals surface area contributed by atoms with Crippen LogP contribution in [0.3, 0.4) is 0 Å². The molecule has 2 fully saturated rings. The number of anilines is 1. The van der Waals surface area contributed by atoms with Gasteiger partial charge in [-0.2, -0.15) is 0 Å². The van der Waals surface area contributed by atoms with Crippen molar-refractivity contribution in [1.82, 2.24) is 14.9 Å². The maximum Gasteiger partial charge on any atom is 0.223 e. The Hall–Kier alpha value is -1.95. The maximum atomic E-state index is 12.8. The van der Waals surface area contributed by atoms with Crippen molar-refractivity contribution in [2.75, 3.05) is 24.5 Å². The Kier molecular flexibility index (Phi) is 4.83. The number of aromatic nitrogens is 2. The van der Waals surface area contributed by atoms with Gasteiger partial charge >= 0.3 is 0 Å². The van der Waals surface area contributed by atoms with Crippen molar-refractivity contribution in [3.8, 4) is 0 Å². The van der Waals surface area contributed by atoms with Gasteiger partial charge < -0.3 is 9.80 Å². The standard InChI is InChI=1S/C22H28N4OS/c1-15-12-20(24-22(23-15)17-2-3-17)25-8-4-16(5-9-25)13-21(27)26-10-6-19-18(14-26)7-11-28-19/h7,11-12,16-17H,2-6,8-10,13-14H2,1H3. The van der Waals surface area contributed by atoms with Crippen LogP contribution < -0.4 is 4.90 Å². The number of carbonyl (C=O) groups is 1. The molecule has 2 aromatic rings. The molecule has 1 aliphatic carbocycles. The Labute approximate surface area is 170 Å². The third kappa shape index (κ3) is 3.79. The number of nitrogens with zero attached hydrogens (tertiary/aromatic N) is 4. The number of hydrogen-bond acceptors (Lipinski definition) is 5. The molecule has 2 aliphatic heterocycles. The monoisotopic (exact) mass is 396 g/mol. The zero-order chi connectivity index (χ0) is 19.1. The molecule has 0 atom stereocenters. The molecule has 5 rings (SSSR count). The van der Waals surface area contributed by atoms with Gasteiger partial charge in [0.1, 0.15) is 11.6 Å². The lowest BCUT2D eigenvalue weighted by Crippen LogP contribution is -2.39. The Morgan fingerprint density at radius 1 is 1.18 bits per heavy atom. The molecule has 0 aromatic carbocycles. The average molecular weight is 397 g/mol. The van der Waals surface area contributed by atoms with Crippen LogP contribution in [-0.4, -0.2) is 40.4 Å². The second-order valence-corrected chi connectivity index (χ2v) is 9.57. The quantitative estimate of drug-likeness (QED) is 0.786. The van der Waals surface area contributed by atoms with E-state index in [1.807, 2.05) is 11.3 Å². The van der Waals surface area contributed by atoms with Gasteiger partial charge in [0.25, 0.3) is 0 Å². The van der Waals surface area contributed by atoms with Crippen molar-refractivity contribution in [2.24, 2.45) is 5.92 Å². The molecule has 3 aliphatic rings. The van der Waals surface area contributed by atoms with Gasteiger partial charge in [-0.15, -0.1) is 11.3 Å². The summed E-state index contributed by atoms with van der Waals surface area (Å²) in [5.74, 6) is 3.54. The molecule has 0 radical (unpaired) electrons. The molecule has 5 nitrogen and oxygen atoms in total. The largest absolute Gasteiger partial charge is 0.356 e. The van der Waals surface area contributed by atoms with Crippen molar-refractivity contribution >= 4 is 23.1 Å². The van der Waals surface area contributed by atoms with Gasteiger partial charge in [-0.25, -0.2) is 9.97 Å². The summed E-state index contributed by atoms with van der Waals surface area (Å²) in [5, 5.41) is 2.15. The lowest BCUT2D eigenvalue weighted by atomic mass is 9.92. The fourth-order valence-corrected chi connectivity index (χ4v) is 5.35. The van der Waals surface area contributed by atoms with E-state index in [4.69, 9.17) is 4.98 Å². The molecule has 0 N–H and O–H groups in total. The van der Waals surface area contributed by atoms with Crippen molar-refractivity contribution in [3.63, 3.8) is 0 Å². The summed E-state index contributed by atoms with van der Waals surface area (Å²) in [5.41, 5.74) is 2.42. The molecule has 6 heteroatoms. The Morgan fingerprint density at radius 3 is 2.79 bits per heavy atom. The SMILES string of the molecule is Cc1cc(N2CCC(CC(=O)N3CCc4sccc4C3)CC2)nc(C2CC2)n1. The van der Waals surface area contributed by atoms with Crippen LogP contribution in [0.2, 0.25) is 0 Å². The minimum absolute atomic E-state index is 0.337. The van der Waals surface area contributed by atoms with Crippen molar-refractivity contribution in [2.45, 2.75) is 57.9 Å². The molecule has 0 bridgehead atoms. The summed E-state index contributed by atoms with van der Waals surface area (Å²) in [7, 11) is 0. The molecule has 0 unspecified atom stereocenters. The lowest BCUT2D eigenvalue weighted by molar-refractivity contribution is -0.133. The van der Waals surface area contributed by atoms with Crippen LogP contribution in [0.15, 0.2) is 17.5 Å². The van der Waals surface area contributed by atoms with Crippen LogP contribution in [0.5, 0.6) is 0 Å². The van der Waals surface area contributed by atoms with Gasteiger partial charge in [0.15, 0.2) is 0 Å². The molecule has 4 heterocycles. The highest BCUT2D eigenvalue weighted by molar-refractivity contribution is 7.10. The van der Waals surface area contributed by atoms with E-state index in [9.17, 15) is 4.79 Å². The summed E-state index contributed by atoms with van der Waals surface area (Å²) >= 11 is 1.83. The van der Waals surface area contributed by atoms with E-state index in [0.717, 1.165) is 62.8 Å². The predicted molar refractivity (Wildman–Crippen MR) is 112 cm³/mol. The van der Waals surface area contributed by atoms with Crippen molar-refractivity contribution in [1.29, 1.82) is 0 Å². The van der Waals surface area contributed by atoms with Gasteiger partial charge in [0, 0.05) is 55.2 Å². The minimum Gasteiger partial charge on any atom is -0.356 e. The lowest BCUT2D eigenvalue weighted by Gasteiger charge is -2.34. The number of hydrogen-bond donors (Lipinski definition) is 0. The number of piperidine rings is 1. The summed E-state index contributed by atoms with van der Waals surface area (Å²) in [6.45, 7) is 5.75. The topological polar surface area (TPSA) is 49.3 Å². The van der Waals surface area contributed by atoms with Gasteiger partial charge in [-0.05, 0) is 62.0 Å². The first-order chi connectivity index (χ1) is 13.7. The van der Waals surface area contributed by atoms with E-state index in [-0.39, 0.29) is 0 Å². The molecular formula is C22H28N4OS. The maximum absolute atomic E-state index is 12.8. The van der Waals surface area contributed by atoms with E-state index < -0.39 is 0 Å².